The zero-order valence-corrected chi connectivity index (χ0v) is 12.2. The van der Waals surface area contributed by atoms with Crippen molar-refractivity contribution in [1.82, 2.24) is 4.90 Å². The fourth-order valence-corrected chi connectivity index (χ4v) is 2.49. The number of hydrogen-bond acceptors (Lipinski definition) is 3. The lowest BCUT2D eigenvalue weighted by atomic mass is 9.83. The third-order valence-electron chi connectivity index (χ3n) is 3.67. The van der Waals surface area contributed by atoms with Crippen molar-refractivity contribution in [3.8, 4) is 5.75 Å². The normalized spacial score (nSPS) is 14.2. The van der Waals surface area contributed by atoms with Gasteiger partial charge in [0.1, 0.15) is 12.4 Å². The largest absolute Gasteiger partial charge is 0.491 e. The summed E-state index contributed by atoms with van der Waals surface area (Å²) < 4.78 is 5.39. The van der Waals surface area contributed by atoms with Crippen molar-refractivity contribution < 1.29 is 9.84 Å². The Hall–Kier alpha value is -1.32. The molecule has 0 saturated heterocycles. The van der Waals surface area contributed by atoms with Crippen LogP contribution in [0.1, 0.15) is 25.3 Å². The minimum atomic E-state index is -0.0166. The molecule has 0 spiro atoms. The highest BCUT2D eigenvalue weighted by molar-refractivity contribution is 5.32. The minimum Gasteiger partial charge on any atom is -0.491 e. The van der Waals surface area contributed by atoms with Crippen LogP contribution in [0.2, 0.25) is 0 Å². The molecule has 0 amide bonds. The number of aliphatic hydroxyl groups is 1. The molecule has 0 aliphatic rings. The molecular formula is C16H25NO2. The van der Waals surface area contributed by atoms with E-state index < -0.39 is 0 Å². The van der Waals surface area contributed by atoms with Crippen LogP contribution < -0.4 is 4.74 Å². The van der Waals surface area contributed by atoms with Crippen LogP contribution in [0.5, 0.6) is 5.75 Å². The molecule has 1 aromatic rings. The number of rotatable bonds is 8. The molecule has 0 bridgehead atoms. The van der Waals surface area contributed by atoms with E-state index in [4.69, 9.17) is 9.84 Å². The molecule has 19 heavy (non-hydrogen) atoms. The predicted octanol–water partition coefficient (Wildman–Crippen LogP) is 2.80. The second-order valence-corrected chi connectivity index (χ2v) is 4.87. The first kappa shape index (κ1) is 15.7. The Kier molecular flexibility index (Phi) is 6.06. The molecule has 0 saturated carbocycles. The van der Waals surface area contributed by atoms with Crippen molar-refractivity contribution in [2.45, 2.75) is 25.3 Å². The molecule has 1 atom stereocenters. The maximum Gasteiger partial charge on any atom is 0.119 e. The second kappa shape index (κ2) is 7.31. The van der Waals surface area contributed by atoms with Crippen LogP contribution in [0.3, 0.4) is 0 Å². The Morgan fingerprint density at radius 1 is 1.32 bits per heavy atom. The molecule has 3 heteroatoms. The van der Waals surface area contributed by atoms with Crippen molar-refractivity contribution in [3.63, 3.8) is 0 Å². The zero-order chi connectivity index (χ0) is 14.3. The number of aliphatic hydroxyl groups excluding tert-OH is 1. The summed E-state index contributed by atoms with van der Waals surface area (Å²) in [6.45, 7) is 6.44. The maximum atomic E-state index is 8.75. The van der Waals surface area contributed by atoms with Crippen LogP contribution in [0.4, 0.5) is 0 Å². The topological polar surface area (TPSA) is 32.7 Å². The maximum absolute atomic E-state index is 8.75. The minimum absolute atomic E-state index is 0.0166. The molecule has 0 aromatic heterocycles. The van der Waals surface area contributed by atoms with E-state index in [-0.39, 0.29) is 12.1 Å². The highest BCUT2D eigenvalue weighted by atomic mass is 16.5. The lowest BCUT2D eigenvalue weighted by Gasteiger charge is -2.39. The average molecular weight is 263 g/mol. The van der Waals surface area contributed by atoms with Crippen LogP contribution >= 0.6 is 0 Å². The molecule has 0 fully saturated rings. The monoisotopic (exact) mass is 263 g/mol. The molecule has 1 aromatic carbocycles. The highest BCUT2D eigenvalue weighted by Gasteiger charge is 2.31. The predicted molar refractivity (Wildman–Crippen MR) is 79.5 cm³/mol. The summed E-state index contributed by atoms with van der Waals surface area (Å²) in [4.78, 5) is 2.25. The quantitative estimate of drug-likeness (QED) is 0.732. The van der Waals surface area contributed by atoms with E-state index in [0.29, 0.717) is 6.61 Å². The Bertz CT molecular complexity index is 386. The van der Waals surface area contributed by atoms with Crippen molar-refractivity contribution in [3.05, 3.63) is 42.5 Å². The third-order valence-corrected chi connectivity index (χ3v) is 3.67. The van der Waals surface area contributed by atoms with E-state index in [1.165, 1.54) is 5.56 Å². The Morgan fingerprint density at radius 2 is 1.95 bits per heavy atom. The molecule has 1 rings (SSSR count). The SMILES string of the molecule is C=CCC(CC)(c1ccc(OCCO)cc1)N(C)C. The van der Waals surface area contributed by atoms with Gasteiger partial charge in [0, 0.05) is 5.54 Å². The van der Waals surface area contributed by atoms with E-state index in [2.05, 4.69) is 44.6 Å². The summed E-state index contributed by atoms with van der Waals surface area (Å²) in [5, 5.41) is 8.75. The van der Waals surface area contributed by atoms with Gasteiger partial charge in [-0.2, -0.15) is 0 Å². The number of benzene rings is 1. The number of ether oxygens (including phenoxy) is 1. The van der Waals surface area contributed by atoms with Gasteiger partial charge in [0.05, 0.1) is 6.61 Å². The highest BCUT2D eigenvalue weighted by Crippen LogP contribution is 2.35. The van der Waals surface area contributed by atoms with Gasteiger partial charge in [-0.05, 0) is 44.6 Å². The van der Waals surface area contributed by atoms with Gasteiger partial charge in [-0.3, -0.25) is 4.90 Å². The standard InChI is InChI=1S/C16H25NO2/c1-5-11-16(6-2,17(3)4)14-7-9-15(10-8-14)19-13-12-18/h5,7-10,18H,1,6,11-13H2,2-4H3. The number of nitrogens with zero attached hydrogens (tertiary/aromatic N) is 1. The third kappa shape index (κ3) is 3.58. The smallest absolute Gasteiger partial charge is 0.119 e. The van der Waals surface area contributed by atoms with E-state index in [0.717, 1.165) is 18.6 Å². The Morgan fingerprint density at radius 3 is 2.37 bits per heavy atom. The molecule has 1 unspecified atom stereocenters. The summed E-state index contributed by atoms with van der Waals surface area (Å²) in [6.07, 6.45) is 3.90. The lowest BCUT2D eigenvalue weighted by Crippen LogP contribution is -2.40. The Balaban J connectivity index is 3.00. The van der Waals surface area contributed by atoms with Gasteiger partial charge in [0.25, 0.3) is 0 Å². The summed E-state index contributed by atoms with van der Waals surface area (Å²) in [6, 6.07) is 8.11. The van der Waals surface area contributed by atoms with Crippen molar-refractivity contribution >= 4 is 0 Å². The molecule has 0 aliphatic heterocycles. The van der Waals surface area contributed by atoms with E-state index in [1.807, 2.05) is 18.2 Å². The molecule has 3 nitrogen and oxygen atoms in total. The van der Waals surface area contributed by atoms with E-state index in [1.54, 1.807) is 0 Å². The molecule has 106 valence electrons. The van der Waals surface area contributed by atoms with Gasteiger partial charge in [-0.25, -0.2) is 0 Å². The molecule has 1 N–H and O–H groups in total. The Labute approximate surface area is 116 Å². The fraction of sp³-hybridized carbons (Fsp3) is 0.500. The fourth-order valence-electron chi connectivity index (χ4n) is 2.49. The van der Waals surface area contributed by atoms with Crippen LogP contribution in [0.25, 0.3) is 0 Å². The second-order valence-electron chi connectivity index (χ2n) is 4.87. The first-order valence-corrected chi connectivity index (χ1v) is 6.73. The van der Waals surface area contributed by atoms with Crippen LogP contribution in [0, 0.1) is 0 Å². The zero-order valence-electron chi connectivity index (χ0n) is 12.2. The van der Waals surface area contributed by atoms with Crippen LogP contribution in [0.15, 0.2) is 36.9 Å². The molecule has 0 heterocycles. The molecular weight excluding hydrogens is 238 g/mol. The van der Waals surface area contributed by atoms with Crippen molar-refractivity contribution in [1.29, 1.82) is 0 Å². The van der Waals surface area contributed by atoms with Crippen molar-refractivity contribution in [2.75, 3.05) is 27.3 Å². The van der Waals surface area contributed by atoms with Gasteiger partial charge >= 0.3 is 0 Å². The van der Waals surface area contributed by atoms with E-state index in [9.17, 15) is 0 Å². The van der Waals surface area contributed by atoms with Gasteiger partial charge in [-0.1, -0.05) is 25.1 Å². The van der Waals surface area contributed by atoms with Gasteiger partial charge < -0.3 is 9.84 Å². The first-order chi connectivity index (χ1) is 9.10. The summed E-state index contributed by atoms with van der Waals surface area (Å²) in [5.74, 6) is 0.792. The van der Waals surface area contributed by atoms with Gasteiger partial charge in [0.2, 0.25) is 0 Å². The van der Waals surface area contributed by atoms with E-state index >= 15 is 0 Å². The summed E-state index contributed by atoms with van der Waals surface area (Å²) in [5.41, 5.74) is 1.24. The van der Waals surface area contributed by atoms with Gasteiger partial charge in [-0.15, -0.1) is 6.58 Å². The summed E-state index contributed by atoms with van der Waals surface area (Å²) >= 11 is 0. The van der Waals surface area contributed by atoms with Gasteiger partial charge in [0.15, 0.2) is 0 Å². The number of hydrogen-bond donors (Lipinski definition) is 1. The lowest BCUT2D eigenvalue weighted by molar-refractivity contribution is 0.147. The van der Waals surface area contributed by atoms with Crippen LogP contribution in [-0.4, -0.2) is 37.3 Å². The summed E-state index contributed by atoms with van der Waals surface area (Å²) in [7, 11) is 4.20. The first-order valence-electron chi connectivity index (χ1n) is 6.73. The molecule has 0 aliphatic carbocycles. The molecule has 0 radical (unpaired) electrons. The van der Waals surface area contributed by atoms with Crippen molar-refractivity contribution in [2.24, 2.45) is 0 Å². The van der Waals surface area contributed by atoms with Crippen LogP contribution in [-0.2, 0) is 5.54 Å². The average Bonchev–Trinajstić information content (AvgIpc) is 2.43.